The van der Waals surface area contributed by atoms with Crippen LogP contribution >= 0.6 is 11.8 Å². The predicted octanol–water partition coefficient (Wildman–Crippen LogP) is 2.91. The number of unbranched alkanes of at least 4 members (excludes halogenated alkanes) is 1. The van der Waals surface area contributed by atoms with Gasteiger partial charge in [0, 0.05) is 73.9 Å². The van der Waals surface area contributed by atoms with Crippen LogP contribution in [0.25, 0.3) is 10.9 Å². The van der Waals surface area contributed by atoms with Crippen LogP contribution in [-0.4, -0.2) is 140 Å². The number of carbonyl (C=O) groups excluding carboxylic acids is 6. The number of carboxylic acids is 2. The van der Waals surface area contributed by atoms with Crippen molar-refractivity contribution in [2.24, 2.45) is 24.1 Å². The van der Waals surface area contributed by atoms with Crippen LogP contribution in [0.15, 0.2) is 42.1 Å². The lowest BCUT2D eigenvalue weighted by Crippen LogP contribution is -2.61. The van der Waals surface area contributed by atoms with Gasteiger partial charge in [0.1, 0.15) is 18.1 Å². The lowest BCUT2D eigenvalue weighted by Gasteiger charge is -2.39. The molecule has 0 saturated carbocycles. The van der Waals surface area contributed by atoms with Gasteiger partial charge in [-0.2, -0.15) is 0 Å². The number of hydrogen-bond donors (Lipinski definition) is 7. The zero-order valence-electron chi connectivity index (χ0n) is 40.4. The minimum Gasteiger partial charge on any atom is -0.480 e. The highest BCUT2D eigenvalue weighted by Crippen LogP contribution is 2.35. The second-order valence-electron chi connectivity index (χ2n) is 19.1. The Morgan fingerprint density at radius 2 is 1.62 bits per heavy atom. The van der Waals surface area contributed by atoms with Gasteiger partial charge in [0.2, 0.25) is 35.4 Å². The smallest absolute Gasteiger partial charge is 0.326 e. The molecule has 1 aromatic carbocycles. The SMILES string of the molecule is CN[C@H](C(=O)N[C@H](C(=O)N(C)[C@H](/C=C(\C)C(=O)N[C@@H](CCCCNC(=O)CCCN1C(=O)CC(SC[C@H](N)C(=O)O)C1=O)C(=O)O)C(C)C)C(C)(C)C)C(C)(C)c1cn(C)c2ccccc12. The fraction of sp³-hybridized carbons (Fsp3) is 0.617. The molecule has 1 unspecified atom stereocenters. The number of carboxylic acid groups (broad SMARTS) is 2. The summed E-state index contributed by atoms with van der Waals surface area (Å²) in [6, 6.07) is 3.38. The summed E-state index contributed by atoms with van der Waals surface area (Å²) in [4.78, 5) is 105. The number of thioether (sulfide) groups is 1. The van der Waals surface area contributed by atoms with Gasteiger partial charge in [-0.15, -0.1) is 11.8 Å². The largest absolute Gasteiger partial charge is 0.480 e. The number of rotatable bonds is 25. The van der Waals surface area contributed by atoms with Crippen LogP contribution in [0.4, 0.5) is 0 Å². The first kappa shape index (κ1) is 55.1. The Morgan fingerprint density at radius 1 is 0.970 bits per heavy atom. The third kappa shape index (κ3) is 14.4. The lowest BCUT2D eigenvalue weighted by atomic mass is 9.76. The number of imide groups is 1. The van der Waals surface area contributed by atoms with Crippen LogP contribution < -0.4 is 27.0 Å². The molecular weight excluding hydrogens is 869 g/mol. The summed E-state index contributed by atoms with van der Waals surface area (Å²) in [5, 5.41) is 30.8. The zero-order valence-corrected chi connectivity index (χ0v) is 41.2. The van der Waals surface area contributed by atoms with Crippen molar-refractivity contribution in [3.63, 3.8) is 0 Å². The summed E-state index contributed by atoms with van der Waals surface area (Å²) in [6.07, 6.45) is 4.76. The van der Waals surface area contributed by atoms with Crippen molar-refractivity contribution in [2.45, 2.75) is 135 Å². The molecular formula is C47H72N8O10S. The molecule has 0 bridgehead atoms. The van der Waals surface area contributed by atoms with E-state index in [1.807, 2.05) is 90.5 Å². The summed E-state index contributed by atoms with van der Waals surface area (Å²) in [6.45, 7) is 15.3. The van der Waals surface area contributed by atoms with Gasteiger partial charge in [-0.3, -0.25) is 38.5 Å². The number of likely N-dealkylation sites (tertiary alicyclic amines) is 1. The fourth-order valence-electron chi connectivity index (χ4n) is 8.16. The van der Waals surface area contributed by atoms with Crippen molar-refractivity contribution in [3.05, 3.63) is 47.7 Å². The van der Waals surface area contributed by atoms with Crippen LogP contribution in [0.2, 0.25) is 0 Å². The summed E-state index contributed by atoms with van der Waals surface area (Å²) >= 11 is 1.02. The first-order valence-corrected chi connectivity index (χ1v) is 23.5. The first-order valence-electron chi connectivity index (χ1n) is 22.5. The number of nitrogens with two attached hydrogens (primary N) is 1. The number of fused-ring (bicyclic) bond motifs is 1. The molecule has 0 aliphatic carbocycles. The van der Waals surface area contributed by atoms with Gasteiger partial charge in [0.05, 0.1) is 17.3 Å². The van der Waals surface area contributed by atoms with Crippen molar-refractivity contribution in [2.75, 3.05) is 32.9 Å². The van der Waals surface area contributed by atoms with E-state index in [1.54, 1.807) is 27.1 Å². The molecule has 6 amide bonds. The van der Waals surface area contributed by atoms with Crippen LogP contribution in [0, 0.1) is 11.3 Å². The number of likely N-dealkylation sites (N-methyl/N-ethyl adjacent to an activating group) is 2. The molecule has 1 fully saturated rings. The molecule has 3 rings (SSSR count). The van der Waals surface area contributed by atoms with E-state index in [2.05, 4.69) is 21.3 Å². The molecule has 0 radical (unpaired) electrons. The Hall–Kier alpha value is -5.27. The van der Waals surface area contributed by atoms with E-state index in [1.165, 1.54) is 4.90 Å². The Bertz CT molecular complexity index is 2130. The highest BCUT2D eigenvalue weighted by Gasteiger charge is 2.43. The third-order valence-electron chi connectivity index (χ3n) is 12.1. The second kappa shape index (κ2) is 24.0. The fourth-order valence-corrected chi connectivity index (χ4v) is 9.28. The topological polar surface area (TPSA) is 263 Å². The van der Waals surface area contributed by atoms with Crippen molar-refractivity contribution >= 4 is 70.0 Å². The van der Waals surface area contributed by atoms with Gasteiger partial charge in [0.25, 0.3) is 0 Å². The van der Waals surface area contributed by atoms with Gasteiger partial charge in [-0.25, -0.2) is 4.79 Å². The Morgan fingerprint density at radius 3 is 2.21 bits per heavy atom. The molecule has 1 aliphatic heterocycles. The van der Waals surface area contributed by atoms with Gasteiger partial charge in [0.15, 0.2) is 0 Å². The van der Waals surface area contributed by atoms with Crippen LogP contribution in [0.1, 0.15) is 99.5 Å². The summed E-state index contributed by atoms with van der Waals surface area (Å²) < 4.78 is 2.03. The summed E-state index contributed by atoms with van der Waals surface area (Å²) in [7, 11) is 5.32. The molecule has 1 aliphatic rings. The Kier molecular flexibility index (Phi) is 20.0. The molecule has 1 saturated heterocycles. The molecule has 8 N–H and O–H groups in total. The second-order valence-corrected chi connectivity index (χ2v) is 20.4. The number of benzene rings is 1. The summed E-state index contributed by atoms with van der Waals surface area (Å²) in [5.74, 6) is -5.04. The van der Waals surface area contributed by atoms with Gasteiger partial charge in [-0.1, -0.05) is 72.7 Å². The molecule has 2 heterocycles. The van der Waals surface area contributed by atoms with E-state index in [0.29, 0.717) is 12.8 Å². The average Bonchev–Trinajstić information content (AvgIpc) is 3.72. The maximum absolute atomic E-state index is 14.4. The Labute approximate surface area is 392 Å². The molecule has 2 aromatic rings. The van der Waals surface area contributed by atoms with E-state index >= 15 is 0 Å². The molecule has 1 aromatic heterocycles. The third-order valence-corrected chi connectivity index (χ3v) is 13.5. The predicted molar refractivity (Wildman–Crippen MR) is 254 cm³/mol. The Balaban J connectivity index is 1.56. The highest BCUT2D eigenvalue weighted by molar-refractivity contribution is 8.00. The number of carbonyl (C=O) groups is 8. The molecule has 19 heteroatoms. The van der Waals surface area contributed by atoms with Crippen molar-refractivity contribution in [1.29, 1.82) is 0 Å². The maximum atomic E-state index is 14.4. The van der Waals surface area contributed by atoms with E-state index in [0.717, 1.165) is 33.1 Å². The molecule has 6 atom stereocenters. The average molecular weight is 941 g/mol. The number of nitrogens with one attached hydrogen (secondary N) is 4. The number of aliphatic carboxylic acids is 2. The molecule has 18 nitrogen and oxygen atoms in total. The van der Waals surface area contributed by atoms with Gasteiger partial charge in [-0.05, 0) is 62.6 Å². The van der Waals surface area contributed by atoms with E-state index < -0.39 is 75.9 Å². The van der Waals surface area contributed by atoms with Crippen molar-refractivity contribution < 1.29 is 48.6 Å². The monoisotopic (exact) mass is 941 g/mol. The van der Waals surface area contributed by atoms with Crippen molar-refractivity contribution in [3.8, 4) is 0 Å². The highest BCUT2D eigenvalue weighted by atomic mass is 32.2. The van der Waals surface area contributed by atoms with Crippen molar-refractivity contribution in [1.82, 2.24) is 35.6 Å². The minimum absolute atomic E-state index is 0.0136. The molecule has 66 heavy (non-hydrogen) atoms. The number of aromatic nitrogens is 1. The van der Waals surface area contributed by atoms with Gasteiger partial charge < -0.3 is 46.7 Å². The zero-order chi connectivity index (χ0) is 49.8. The number of amides is 6. The van der Waals surface area contributed by atoms with E-state index in [9.17, 15) is 43.5 Å². The molecule has 366 valence electrons. The maximum Gasteiger partial charge on any atom is 0.326 e. The number of nitrogens with zero attached hydrogens (tertiary/aromatic N) is 3. The quantitative estimate of drug-likeness (QED) is 0.0430. The number of para-hydroxylation sites is 1. The first-order chi connectivity index (χ1) is 30.7. The number of hydrogen-bond acceptors (Lipinski definition) is 11. The lowest BCUT2D eigenvalue weighted by molar-refractivity contribution is -0.141. The minimum atomic E-state index is -1.23. The summed E-state index contributed by atoms with van der Waals surface area (Å²) in [5.41, 5.74) is 6.34. The van der Waals surface area contributed by atoms with Gasteiger partial charge >= 0.3 is 11.9 Å². The van der Waals surface area contributed by atoms with Crippen LogP contribution in [0.5, 0.6) is 0 Å². The standard InChI is InChI=1S/C47H72N8O10S/c1-27(2)34(54(11)43(61)39(46(4,5)6)52-41(59)38(49-9)47(7,8)30-25-53(10)33-19-13-12-17-29(30)33)23-28(3)40(58)51-32(45(64)65)18-14-15-21-50-36(56)20-16-22-55-37(57)24-35(42(55)60)66-26-31(48)44(62)63/h12-13,17,19,23,25,27,31-32,34-35,38-39,49H,14-16,18,20-22,24,26,48H2,1-11H3,(H,50,56)(H,51,58)(H,52,59)(H,62,63)(H,64,65)/b28-23+/t31-,32-,34+,35?,38+,39+/m0/s1. The molecule has 0 spiro atoms. The van der Waals surface area contributed by atoms with Crippen LogP contribution in [-0.2, 0) is 50.8 Å². The van der Waals surface area contributed by atoms with E-state index in [-0.39, 0.29) is 73.7 Å². The van der Waals surface area contributed by atoms with Crippen LogP contribution in [0.3, 0.4) is 0 Å². The van der Waals surface area contributed by atoms with E-state index in [4.69, 9.17) is 10.8 Å². The normalized spacial score (nSPS) is 17.0. The number of aryl methyl sites for hydroxylation is 1.